The molecule has 0 aliphatic heterocycles. The van der Waals surface area contributed by atoms with Crippen LogP contribution in [0.3, 0.4) is 0 Å². The molecule has 0 aromatic heterocycles. The third-order valence-corrected chi connectivity index (χ3v) is 3.89. The molecule has 5 heteroatoms. The van der Waals surface area contributed by atoms with E-state index in [0.29, 0.717) is 29.4 Å². The van der Waals surface area contributed by atoms with Crippen molar-refractivity contribution in [2.24, 2.45) is 0 Å². The molecule has 0 spiro atoms. The highest BCUT2D eigenvalue weighted by Gasteiger charge is 2.12. The Hall–Kier alpha value is -2.95. The van der Waals surface area contributed by atoms with E-state index in [0.717, 1.165) is 18.4 Å². The summed E-state index contributed by atoms with van der Waals surface area (Å²) >= 11 is 0. The van der Waals surface area contributed by atoms with Crippen molar-refractivity contribution in [2.45, 2.75) is 19.8 Å². The normalized spacial score (nSPS) is 11.1. The molecule has 0 saturated heterocycles. The molecule has 0 amide bonds. The van der Waals surface area contributed by atoms with Gasteiger partial charge >= 0.3 is 5.97 Å². The molecule has 2 rings (SSSR count). The summed E-state index contributed by atoms with van der Waals surface area (Å²) in [6.07, 6.45) is 3.63. The average molecular weight is 356 g/mol. The minimum atomic E-state index is -1.00. The topological polar surface area (TPSA) is 65.0 Å². The number of carboxylic acid groups (broad SMARTS) is 1. The molecule has 0 unspecified atom stereocenters. The van der Waals surface area contributed by atoms with Crippen molar-refractivity contribution < 1.29 is 24.1 Å². The zero-order valence-corrected chi connectivity index (χ0v) is 15.3. The van der Waals surface area contributed by atoms with Gasteiger partial charge in [0.25, 0.3) is 0 Å². The van der Waals surface area contributed by atoms with Gasteiger partial charge in [0.05, 0.1) is 26.4 Å². The molecular weight excluding hydrogens is 332 g/mol. The molecule has 1 N–H and O–H groups in total. The smallest absolute Gasteiger partial charge is 0.336 e. The van der Waals surface area contributed by atoms with Gasteiger partial charge in [0.1, 0.15) is 5.75 Å². The molecule has 0 aliphatic carbocycles. The maximum absolute atomic E-state index is 11.7. The van der Waals surface area contributed by atoms with Gasteiger partial charge in [-0.1, -0.05) is 31.5 Å². The highest BCUT2D eigenvalue weighted by molar-refractivity contribution is 6.20. The standard InChI is InChI=1S/C21H24O5/c1-4-5-12-26-19-11-6-15(14-20(19)25-3)13-18(21(22)23)16-7-9-17(24-2)10-8-16/h6-11,13-14H,4-5,12H2,1-3H3,(H,22,23)/b18-13-. The summed E-state index contributed by atoms with van der Waals surface area (Å²) in [7, 11) is 3.14. The number of unbranched alkanes of at least 4 members (excludes halogenated alkanes) is 1. The Bertz CT molecular complexity index is 762. The maximum Gasteiger partial charge on any atom is 0.336 e. The molecule has 0 aliphatic rings. The number of carboxylic acids is 1. The van der Waals surface area contributed by atoms with Crippen molar-refractivity contribution in [3.63, 3.8) is 0 Å². The van der Waals surface area contributed by atoms with Gasteiger partial charge in [-0.25, -0.2) is 4.79 Å². The van der Waals surface area contributed by atoms with Gasteiger partial charge in [-0.05, 0) is 47.9 Å². The zero-order chi connectivity index (χ0) is 18.9. The van der Waals surface area contributed by atoms with Gasteiger partial charge in [0, 0.05) is 0 Å². The number of methoxy groups -OCH3 is 2. The minimum Gasteiger partial charge on any atom is -0.497 e. The summed E-state index contributed by atoms with van der Waals surface area (Å²) in [5.41, 5.74) is 1.51. The SMILES string of the molecule is CCCCOc1ccc(/C=C(\C(=O)O)c2ccc(OC)cc2)cc1OC. The lowest BCUT2D eigenvalue weighted by atomic mass is 10.0. The first-order valence-electron chi connectivity index (χ1n) is 8.49. The Morgan fingerprint density at radius 1 is 1.04 bits per heavy atom. The van der Waals surface area contributed by atoms with Crippen LogP contribution < -0.4 is 14.2 Å². The van der Waals surface area contributed by atoms with Crippen LogP contribution in [-0.4, -0.2) is 31.9 Å². The van der Waals surface area contributed by atoms with Gasteiger partial charge in [0.15, 0.2) is 11.5 Å². The van der Waals surface area contributed by atoms with Crippen LogP contribution in [0.5, 0.6) is 17.2 Å². The minimum absolute atomic E-state index is 0.189. The highest BCUT2D eigenvalue weighted by Crippen LogP contribution is 2.30. The fraction of sp³-hybridized carbons (Fsp3) is 0.286. The van der Waals surface area contributed by atoms with E-state index in [1.165, 1.54) is 0 Å². The molecule has 0 fully saturated rings. The molecule has 0 radical (unpaired) electrons. The van der Waals surface area contributed by atoms with Crippen LogP contribution in [0.25, 0.3) is 11.6 Å². The van der Waals surface area contributed by atoms with Crippen molar-refractivity contribution in [3.8, 4) is 17.2 Å². The van der Waals surface area contributed by atoms with Gasteiger partial charge in [-0.15, -0.1) is 0 Å². The van der Waals surface area contributed by atoms with Crippen molar-refractivity contribution >= 4 is 17.6 Å². The van der Waals surface area contributed by atoms with E-state index < -0.39 is 5.97 Å². The quantitative estimate of drug-likeness (QED) is 0.407. The molecule has 138 valence electrons. The molecular formula is C21H24O5. The van der Waals surface area contributed by atoms with Crippen LogP contribution >= 0.6 is 0 Å². The summed E-state index contributed by atoms with van der Waals surface area (Å²) in [5, 5.41) is 9.58. The second-order valence-electron chi connectivity index (χ2n) is 5.70. The predicted octanol–water partition coefficient (Wildman–Crippen LogP) is 4.51. The van der Waals surface area contributed by atoms with E-state index >= 15 is 0 Å². The molecule has 2 aromatic carbocycles. The van der Waals surface area contributed by atoms with Crippen molar-refractivity contribution in [1.82, 2.24) is 0 Å². The van der Waals surface area contributed by atoms with E-state index in [9.17, 15) is 9.90 Å². The Morgan fingerprint density at radius 2 is 1.77 bits per heavy atom. The zero-order valence-electron chi connectivity index (χ0n) is 15.3. The van der Waals surface area contributed by atoms with Crippen molar-refractivity contribution in [1.29, 1.82) is 0 Å². The molecule has 2 aromatic rings. The predicted molar refractivity (Wildman–Crippen MR) is 102 cm³/mol. The number of carbonyl (C=O) groups is 1. The second-order valence-corrected chi connectivity index (χ2v) is 5.70. The highest BCUT2D eigenvalue weighted by atomic mass is 16.5. The molecule has 26 heavy (non-hydrogen) atoms. The summed E-state index contributed by atoms with van der Waals surface area (Å²) in [6.45, 7) is 2.72. The third-order valence-electron chi connectivity index (χ3n) is 3.89. The number of hydrogen-bond donors (Lipinski definition) is 1. The molecule has 0 atom stereocenters. The fourth-order valence-electron chi connectivity index (χ4n) is 2.43. The van der Waals surface area contributed by atoms with E-state index in [4.69, 9.17) is 14.2 Å². The van der Waals surface area contributed by atoms with Crippen LogP contribution in [0.2, 0.25) is 0 Å². The maximum atomic E-state index is 11.7. The largest absolute Gasteiger partial charge is 0.497 e. The van der Waals surface area contributed by atoms with Crippen molar-refractivity contribution in [2.75, 3.05) is 20.8 Å². The van der Waals surface area contributed by atoms with Gasteiger partial charge < -0.3 is 19.3 Å². The summed E-state index contributed by atoms with van der Waals surface area (Å²) in [4.78, 5) is 11.7. The Labute approximate surface area is 153 Å². The first-order chi connectivity index (χ1) is 12.6. The first kappa shape index (κ1) is 19.4. The Kier molecular flexibility index (Phi) is 7.09. The summed E-state index contributed by atoms with van der Waals surface area (Å²) in [5.74, 6) is 0.903. The number of aliphatic carboxylic acids is 1. The van der Waals surface area contributed by atoms with Crippen LogP contribution in [0.15, 0.2) is 42.5 Å². The second kappa shape index (κ2) is 9.51. The fourth-order valence-corrected chi connectivity index (χ4v) is 2.43. The van der Waals surface area contributed by atoms with Crippen LogP contribution in [-0.2, 0) is 4.79 Å². The number of rotatable bonds is 9. The number of ether oxygens (including phenoxy) is 3. The molecule has 0 saturated carbocycles. The average Bonchev–Trinajstić information content (AvgIpc) is 2.67. The van der Waals surface area contributed by atoms with Crippen LogP contribution in [0.1, 0.15) is 30.9 Å². The number of hydrogen-bond acceptors (Lipinski definition) is 4. The van der Waals surface area contributed by atoms with E-state index in [-0.39, 0.29) is 5.57 Å². The lowest BCUT2D eigenvalue weighted by Gasteiger charge is -2.11. The van der Waals surface area contributed by atoms with Crippen molar-refractivity contribution in [3.05, 3.63) is 53.6 Å². The summed E-state index contributed by atoms with van der Waals surface area (Å²) in [6, 6.07) is 12.3. The van der Waals surface area contributed by atoms with Gasteiger partial charge in [-0.2, -0.15) is 0 Å². The van der Waals surface area contributed by atoms with Gasteiger partial charge in [0.2, 0.25) is 0 Å². The first-order valence-corrected chi connectivity index (χ1v) is 8.49. The third kappa shape index (κ3) is 5.02. The number of benzene rings is 2. The van der Waals surface area contributed by atoms with Crippen LogP contribution in [0.4, 0.5) is 0 Å². The lowest BCUT2D eigenvalue weighted by Crippen LogP contribution is -2.01. The lowest BCUT2D eigenvalue weighted by molar-refractivity contribution is -0.130. The van der Waals surface area contributed by atoms with Crippen LogP contribution in [0, 0.1) is 0 Å². The molecule has 0 bridgehead atoms. The Balaban J connectivity index is 2.32. The molecule has 5 nitrogen and oxygen atoms in total. The monoisotopic (exact) mass is 356 g/mol. The molecule has 0 heterocycles. The Morgan fingerprint density at radius 3 is 2.35 bits per heavy atom. The van der Waals surface area contributed by atoms with Gasteiger partial charge in [-0.3, -0.25) is 0 Å². The summed E-state index contributed by atoms with van der Waals surface area (Å²) < 4.78 is 16.2. The van der Waals surface area contributed by atoms with E-state index in [2.05, 4.69) is 6.92 Å². The van der Waals surface area contributed by atoms with E-state index in [1.54, 1.807) is 56.7 Å². The van der Waals surface area contributed by atoms with E-state index in [1.807, 2.05) is 6.07 Å².